The SMILES string of the molecule is CNC(=O)[C@@H]1Cc2ccccc2CN1S(=O)(=O)c1cccc(C(C)=O)c1. The molecule has 0 saturated carbocycles. The van der Waals surface area contributed by atoms with Crippen LogP contribution >= 0.6 is 0 Å². The second-order valence-corrected chi connectivity index (χ2v) is 8.13. The molecule has 1 aliphatic rings. The third-order valence-electron chi connectivity index (χ3n) is 4.60. The van der Waals surface area contributed by atoms with Crippen molar-refractivity contribution in [2.75, 3.05) is 7.05 Å². The van der Waals surface area contributed by atoms with E-state index in [9.17, 15) is 18.0 Å². The van der Waals surface area contributed by atoms with Crippen LogP contribution in [0.3, 0.4) is 0 Å². The van der Waals surface area contributed by atoms with E-state index in [1.165, 1.54) is 36.5 Å². The Balaban J connectivity index is 2.08. The molecule has 0 unspecified atom stereocenters. The van der Waals surface area contributed by atoms with E-state index in [-0.39, 0.29) is 23.1 Å². The lowest BCUT2D eigenvalue weighted by Gasteiger charge is -2.34. The minimum atomic E-state index is -3.94. The first-order valence-electron chi connectivity index (χ1n) is 8.26. The van der Waals surface area contributed by atoms with Gasteiger partial charge in [0, 0.05) is 19.2 Å². The number of benzene rings is 2. The lowest BCUT2D eigenvalue weighted by molar-refractivity contribution is -0.124. The van der Waals surface area contributed by atoms with Gasteiger partial charge in [-0.05, 0) is 36.6 Å². The molecule has 0 saturated heterocycles. The Morgan fingerprint density at radius 1 is 1.08 bits per heavy atom. The Labute approximate surface area is 152 Å². The third-order valence-corrected chi connectivity index (χ3v) is 6.45. The van der Waals surface area contributed by atoms with Crippen LogP contribution < -0.4 is 5.32 Å². The zero-order valence-corrected chi connectivity index (χ0v) is 15.4. The van der Waals surface area contributed by atoms with E-state index in [0.29, 0.717) is 12.0 Å². The van der Waals surface area contributed by atoms with Crippen LogP contribution in [0.25, 0.3) is 0 Å². The number of ketones is 1. The van der Waals surface area contributed by atoms with Crippen LogP contribution in [0.4, 0.5) is 0 Å². The number of likely N-dealkylation sites (N-methyl/N-ethyl adjacent to an activating group) is 1. The Kier molecular flexibility index (Phi) is 4.93. The Bertz CT molecular complexity index is 969. The van der Waals surface area contributed by atoms with E-state index < -0.39 is 16.1 Å². The summed E-state index contributed by atoms with van der Waals surface area (Å²) in [7, 11) is -2.45. The van der Waals surface area contributed by atoms with Crippen molar-refractivity contribution in [2.24, 2.45) is 0 Å². The Morgan fingerprint density at radius 3 is 2.42 bits per heavy atom. The third kappa shape index (κ3) is 3.27. The fourth-order valence-electron chi connectivity index (χ4n) is 3.15. The highest BCUT2D eigenvalue weighted by molar-refractivity contribution is 7.89. The van der Waals surface area contributed by atoms with E-state index in [1.807, 2.05) is 24.3 Å². The van der Waals surface area contributed by atoms with Crippen LogP contribution in [-0.2, 0) is 27.8 Å². The van der Waals surface area contributed by atoms with Gasteiger partial charge in [-0.2, -0.15) is 4.31 Å². The number of sulfonamides is 1. The van der Waals surface area contributed by atoms with Crippen molar-refractivity contribution in [3.63, 3.8) is 0 Å². The van der Waals surface area contributed by atoms with Crippen LogP contribution in [0.2, 0.25) is 0 Å². The maximum atomic E-state index is 13.2. The number of carbonyl (C=O) groups is 2. The lowest BCUT2D eigenvalue weighted by Crippen LogP contribution is -2.51. The number of amides is 1. The number of hydrogen-bond acceptors (Lipinski definition) is 4. The molecule has 1 heterocycles. The van der Waals surface area contributed by atoms with E-state index >= 15 is 0 Å². The van der Waals surface area contributed by atoms with Crippen LogP contribution in [0.1, 0.15) is 28.4 Å². The number of fused-ring (bicyclic) bond motifs is 1. The molecular weight excluding hydrogens is 352 g/mol. The summed E-state index contributed by atoms with van der Waals surface area (Å²) >= 11 is 0. The van der Waals surface area contributed by atoms with Crippen LogP contribution in [0.5, 0.6) is 0 Å². The molecule has 2 aromatic rings. The average Bonchev–Trinajstić information content (AvgIpc) is 2.66. The van der Waals surface area contributed by atoms with Gasteiger partial charge in [-0.3, -0.25) is 9.59 Å². The molecule has 7 heteroatoms. The summed E-state index contributed by atoms with van der Waals surface area (Å²) in [5.74, 6) is -0.570. The largest absolute Gasteiger partial charge is 0.358 e. The predicted molar refractivity (Wildman–Crippen MR) is 97.2 cm³/mol. The lowest BCUT2D eigenvalue weighted by atomic mass is 9.95. The van der Waals surface area contributed by atoms with E-state index in [1.54, 1.807) is 6.07 Å². The summed E-state index contributed by atoms with van der Waals surface area (Å²) < 4.78 is 27.7. The van der Waals surface area contributed by atoms with Gasteiger partial charge in [-0.15, -0.1) is 0 Å². The highest BCUT2D eigenvalue weighted by Gasteiger charge is 2.39. The molecule has 1 aliphatic heterocycles. The number of hydrogen-bond donors (Lipinski definition) is 1. The molecule has 26 heavy (non-hydrogen) atoms. The highest BCUT2D eigenvalue weighted by Crippen LogP contribution is 2.29. The standard InChI is InChI=1S/C19H20N2O4S/c1-13(22)14-8-5-9-17(10-14)26(24,25)21-12-16-7-4-3-6-15(16)11-18(21)19(23)20-2/h3-10,18H,11-12H2,1-2H3,(H,20,23)/t18-/m0/s1. The summed E-state index contributed by atoms with van der Waals surface area (Å²) in [6.07, 6.45) is 0.307. The summed E-state index contributed by atoms with van der Waals surface area (Å²) in [6.45, 7) is 1.50. The van der Waals surface area contributed by atoms with Gasteiger partial charge in [-0.25, -0.2) is 8.42 Å². The van der Waals surface area contributed by atoms with E-state index in [4.69, 9.17) is 0 Å². The van der Waals surface area contributed by atoms with Gasteiger partial charge >= 0.3 is 0 Å². The molecule has 6 nitrogen and oxygen atoms in total. The smallest absolute Gasteiger partial charge is 0.244 e. The number of carbonyl (C=O) groups excluding carboxylic acids is 2. The van der Waals surface area contributed by atoms with Gasteiger partial charge in [0.2, 0.25) is 15.9 Å². The topological polar surface area (TPSA) is 83.6 Å². The maximum absolute atomic E-state index is 13.2. The molecule has 0 bridgehead atoms. The van der Waals surface area contributed by atoms with Gasteiger partial charge in [-0.1, -0.05) is 36.4 Å². The zero-order chi connectivity index (χ0) is 18.9. The molecule has 1 atom stereocenters. The molecule has 136 valence electrons. The predicted octanol–water partition coefficient (Wildman–Crippen LogP) is 1.75. The van der Waals surface area contributed by atoms with Crippen molar-refractivity contribution in [2.45, 2.75) is 30.8 Å². The second kappa shape index (κ2) is 7.01. The highest BCUT2D eigenvalue weighted by atomic mass is 32.2. The number of Topliss-reactive ketones (excluding diaryl/α,β-unsaturated/α-hetero) is 1. The van der Waals surface area contributed by atoms with Crippen molar-refractivity contribution in [1.29, 1.82) is 0 Å². The fraction of sp³-hybridized carbons (Fsp3) is 0.263. The molecule has 2 aromatic carbocycles. The minimum Gasteiger partial charge on any atom is -0.358 e. The van der Waals surface area contributed by atoms with Crippen LogP contribution in [0.15, 0.2) is 53.4 Å². The molecule has 3 rings (SSSR count). The molecule has 0 radical (unpaired) electrons. The van der Waals surface area contributed by atoms with E-state index in [2.05, 4.69) is 5.32 Å². The molecule has 0 fully saturated rings. The summed E-state index contributed by atoms with van der Waals surface area (Å²) in [4.78, 5) is 24.0. The summed E-state index contributed by atoms with van der Waals surface area (Å²) in [5.41, 5.74) is 2.16. The maximum Gasteiger partial charge on any atom is 0.244 e. The quantitative estimate of drug-likeness (QED) is 0.829. The first-order chi connectivity index (χ1) is 12.3. The van der Waals surface area contributed by atoms with Crippen molar-refractivity contribution in [3.05, 3.63) is 65.2 Å². The van der Waals surface area contributed by atoms with Crippen molar-refractivity contribution < 1.29 is 18.0 Å². The first kappa shape index (κ1) is 18.3. The average molecular weight is 372 g/mol. The van der Waals surface area contributed by atoms with Crippen molar-refractivity contribution >= 4 is 21.7 Å². The Morgan fingerprint density at radius 2 is 1.77 bits per heavy atom. The second-order valence-electron chi connectivity index (χ2n) is 6.24. The summed E-state index contributed by atoms with van der Waals surface area (Å²) in [5, 5.41) is 2.55. The molecule has 0 aliphatic carbocycles. The van der Waals surface area contributed by atoms with Crippen molar-refractivity contribution in [3.8, 4) is 0 Å². The fourth-order valence-corrected chi connectivity index (χ4v) is 4.76. The normalized spacial score (nSPS) is 17.4. The molecule has 0 spiro atoms. The molecular formula is C19H20N2O4S. The first-order valence-corrected chi connectivity index (χ1v) is 9.70. The molecule has 0 aromatic heterocycles. The van der Waals surface area contributed by atoms with Crippen molar-refractivity contribution in [1.82, 2.24) is 9.62 Å². The molecule has 1 amide bonds. The van der Waals surface area contributed by atoms with Gasteiger partial charge in [0.1, 0.15) is 6.04 Å². The van der Waals surface area contributed by atoms with Gasteiger partial charge < -0.3 is 5.32 Å². The number of nitrogens with zero attached hydrogens (tertiary/aromatic N) is 1. The molecule has 1 N–H and O–H groups in total. The van der Waals surface area contributed by atoms with Crippen LogP contribution in [0, 0.1) is 0 Å². The van der Waals surface area contributed by atoms with Crippen LogP contribution in [-0.4, -0.2) is 37.5 Å². The number of nitrogens with one attached hydrogen (secondary N) is 1. The zero-order valence-electron chi connectivity index (χ0n) is 14.6. The van der Waals surface area contributed by atoms with Gasteiger partial charge in [0.15, 0.2) is 5.78 Å². The number of rotatable bonds is 4. The van der Waals surface area contributed by atoms with Gasteiger partial charge in [0.05, 0.1) is 4.90 Å². The van der Waals surface area contributed by atoms with E-state index in [0.717, 1.165) is 11.1 Å². The Hall–Kier alpha value is -2.51. The minimum absolute atomic E-state index is 0.0125. The summed E-state index contributed by atoms with van der Waals surface area (Å²) in [6, 6.07) is 12.6. The monoisotopic (exact) mass is 372 g/mol. The van der Waals surface area contributed by atoms with Gasteiger partial charge in [0.25, 0.3) is 0 Å².